The van der Waals surface area contributed by atoms with Crippen LogP contribution in [0.15, 0.2) is 41.1 Å². The summed E-state index contributed by atoms with van der Waals surface area (Å²) in [5.41, 5.74) is 7.18. The van der Waals surface area contributed by atoms with Crippen molar-refractivity contribution >= 4 is 27.4 Å². The SMILES string of the molecule is Nc1ccncc1CC(=O)c1cc(F)ccc1Br. The maximum atomic E-state index is 13.1. The molecule has 92 valence electrons. The third-order valence-electron chi connectivity index (χ3n) is 2.52. The second-order valence-electron chi connectivity index (χ2n) is 3.80. The zero-order chi connectivity index (χ0) is 13.1. The van der Waals surface area contributed by atoms with E-state index in [0.717, 1.165) is 0 Å². The van der Waals surface area contributed by atoms with Crippen molar-refractivity contribution in [1.82, 2.24) is 4.98 Å². The quantitative estimate of drug-likeness (QED) is 0.887. The van der Waals surface area contributed by atoms with Crippen molar-refractivity contribution in [3.8, 4) is 0 Å². The molecule has 2 aromatic rings. The number of nitrogens with two attached hydrogens (primary N) is 1. The van der Waals surface area contributed by atoms with Gasteiger partial charge in [-0.25, -0.2) is 4.39 Å². The van der Waals surface area contributed by atoms with E-state index in [1.165, 1.54) is 18.2 Å². The van der Waals surface area contributed by atoms with E-state index in [4.69, 9.17) is 5.73 Å². The number of nitrogen functional groups attached to an aromatic ring is 1. The van der Waals surface area contributed by atoms with Crippen LogP contribution in [0.2, 0.25) is 0 Å². The lowest BCUT2D eigenvalue weighted by Gasteiger charge is -2.06. The van der Waals surface area contributed by atoms with Crippen molar-refractivity contribution in [2.24, 2.45) is 0 Å². The molecule has 18 heavy (non-hydrogen) atoms. The maximum Gasteiger partial charge on any atom is 0.168 e. The molecule has 0 radical (unpaired) electrons. The fraction of sp³-hybridized carbons (Fsp3) is 0.0769. The van der Waals surface area contributed by atoms with Crippen molar-refractivity contribution in [2.75, 3.05) is 5.73 Å². The van der Waals surface area contributed by atoms with E-state index in [1.807, 2.05) is 0 Å². The van der Waals surface area contributed by atoms with Crippen LogP contribution in [0.3, 0.4) is 0 Å². The fourth-order valence-electron chi connectivity index (χ4n) is 1.57. The number of ketones is 1. The number of nitrogens with zero attached hydrogens (tertiary/aromatic N) is 1. The molecular formula is C13H10BrFN2O. The predicted octanol–water partition coefficient (Wildman–Crippen LogP) is 2.99. The molecule has 0 unspecified atom stereocenters. The van der Waals surface area contributed by atoms with E-state index >= 15 is 0 Å². The van der Waals surface area contributed by atoms with Gasteiger partial charge in [0.15, 0.2) is 5.78 Å². The number of hydrogen-bond donors (Lipinski definition) is 1. The van der Waals surface area contributed by atoms with Crippen LogP contribution in [0.25, 0.3) is 0 Å². The third-order valence-corrected chi connectivity index (χ3v) is 3.21. The summed E-state index contributed by atoms with van der Waals surface area (Å²) >= 11 is 3.23. The molecule has 1 aromatic heterocycles. The lowest BCUT2D eigenvalue weighted by atomic mass is 10.0. The minimum Gasteiger partial charge on any atom is -0.398 e. The molecule has 0 aliphatic rings. The lowest BCUT2D eigenvalue weighted by molar-refractivity contribution is 0.0992. The molecule has 0 amide bonds. The van der Waals surface area contributed by atoms with Crippen LogP contribution >= 0.6 is 15.9 Å². The summed E-state index contributed by atoms with van der Waals surface area (Å²) in [6.07, 6.45) is 3.20. The van der Waals surface area contributed by atoms with Crippen LogP contribution in [-0.4, -0.2) is 10.8 Å². The minimum atomic E-state index is -0.444. The summed E-state index contributed by atoms with van der Waals surface area (Å²) in [6, 6.07) is 5.64. The molecule has 3 nitrogen and oxygen atoms in total. The molecule has 0 saturated heterocycles. The first-order valence-electron chi connectivity index (χ1n) is 5.24. The molecule has 0 atom stereocenters. The van der Waals surface area contributed by atoms with Crippen molar-refractivity contribution < 1.29 is 9.18 Å². The Kier molecular flexibility index (Phi) is 3.72. The van der Waals surface area contributed by atoms with Crippen LogP contribution in [0.4, 0.5) is 10.1 Å². The maximum absolute atomic E-state index is 13.1. The molecule has 0 bridgehead atoms. The Hall–Kier alpha value is -1.75. The van der Waals surface area contributed by atoms with Gasteiger partial charge in [0, 0.05) is 40.1 Å². The Bertz CT molecular complexity index is 601. The summed E-state index contributed by atoms with van der Waals surface area (Å²) in [5, 5.41) is 0. The Morgan fingerprint density at radius 3 is 2.89 bits per heavy atom. The number of aromatic nitrogens is 1. The number of rotatable bonds is 3. The first kappa shape index (κ1) is 12.7. The highest BCUT2D eigenvalue weighted by Gasteiger charge is 2.13. The second-order valence-corrected chi connectivity index (χ2v) is 4.65. The molecule has 0 saturated carbocycles. The molecule has 2 N–H and O–H groups in total. The van der Waals surface area contributed by atoms with Gasteiger partial charge in [0.05, 0.1) is 0 Å². The molecule has 0 aliphatic carbocycles. The first-order chi connectivity index (χ1) is 8.58. The average molecular weight is 309 g/mol. The van der Waals surface area contributed by atoms with Crippen molar-refractivity contribution in [3.63, 3.8) is 0 Å². The van der Waals surface area contributed by atoms with E-state index in [0.29, 0.717) is 21.3 Å². The summed E-state index contributed by atoms with van der Waals surface area (Å²) in [6.45, 7) is 0. The topological polar surface area (TPSA) is 56.0 Å². The molecule has 1 aromatic carbocycles. The van der Waals surface area contributed by atoms with Gasteiger partial charge >= 0.3 is 0 Å². The normalized spacial score (nSPS) is 10.3. The zero-order valence-electron chi connectivity index (χ0n) is 9.36. The highest BCUT2D eigenvalue weighted by atomic mass is 79.9. The van der Waals surface area contributed by atoms with Gasteiger partial charge < -0.3 is 5.73 Å². The standard InChI is InChI=1S/C13H10BrFN2O/c14-11-2-1-9(15)6-10(11)13(18)5-8-7-17-4-3-12(8)16/h1-4,6-7H,5H2,(H2,16,17). The van der Waals surface area contributed by atoms with Gasteiger partial charge in [-0.1, -0.05) is 15.9 Å². The highest BCUT2D eigenvalue weighted by molar-refractivity contribution is 9.10. The molecule has 2 rings (SSSR count). The zero-order valence-corrected chi connectivity index (χ0v) is 10.9. The number of benzene rings is 1. The van der Waals surface area contributed by atoms with Crippen molar-refractivity contribution in [3.05, 3.63) is 58.1 Å². The summed E-state index contributed by atoms with van der Waals surface area (Å²) in [4.78, 5) is 16.0. The number of Topliss-reactive ketones (excluding diaryl/α,β-unsaturated/α-hetero) is 1. The minimum absolute atomic E-state index is 0.0989. The molecule has 0 spiro atoms. The van der Waals surface area contributed by atoms with Gasteiger partial charge in [-0.15, -0.1) is 0 Å². The van der Waals surface area contributed by atoms with E-state index in [9.17, 15) is 9.18 Å². The Labute approximate surface area is 112 Å². The van der Waals surface area contributed by atoms with Gasteiger partial charge in [0.2, 0.25) is 0 Å². The predicted molar refractivity (Wildman–Crippen MR) is 70.8 cm³/mol. The Balaban J connectivity index is 2.28. The number of halogens is 2. The van der Waals surface area contributed by atoms with Gasteiger partial charge in [-0.3, -0.25) is 9.78 Å². The van der Waals surface area contributed by atoms with Gasteiger partial charge in [0.1, 0.15) is 5.82 Å². The van der Waals surface area contributed by atoms with Crippen LogP contribution in [0.1, 0.15) is 15.9 Å². The largest absolute Gasteiger partial charge is 0.398 e. The van der Waals surface area contributed by atoms with Crippen LogP contribution in [-0.2, 0) is 6.42 Å². The van der Waals surface area contributed by atoms with Gasteiger partial charge in [0.25, 0.3) is 0 Å². The van der Waals surface area contributed by atoms with Gasteiger partial charge in [-0.05, 0) is 24.3 Å². The summed E-state index contributed by atoms with van der Waals surface area (Å²) in [5.74, 6) is -0.651. The van der Waals surface area contributed by atoms with E-state index < -0.39 is 5.82 Å². The second kappa shape index (κ2) is 5.27. The number of pyridine rings is 1. The fourth-order valence-corrected chi connectivity index (χ4v) is 2.03. The summed E-state index contributed by atoms with van der Waals surface area (Å²) in [7, 11) is 0. The average Bonchev–Trinajstić information content (AvgIpc) is 2.35. The monoisotopic (exact) mass is 308 g/mol. The molecule has 0 aliphatic heterocycles. The number of carbonyl (C=O) groups is 1. The number of hydrogen-bond acceptors (Lipinski definition) is 3. The van der Waals surface area contributed by atoms with Crippen LogP contribution in [0, 0.1) is 5.82 Å². The third kappa shape index (κ3) is 2.73. The van der Waals surface area contributed by atoms with Crippen molar-refractivity contribution in [2.45, 2.75) is 6.42 Å². The number of anilines is 1. The molecule has 0 fully saturated rings. The summed E-state index contributed by atoms with van der Waals surface area (Å²) < 4.78 is 13.7. The van der Waals surface area contributed by atoms with E-state index in [-0.39, 0.29) is 12.2 Å². The van der Waals surface area contributed by atoms with Crippen LogP contribution in [0.5, 0.6) is 0 Å². The molecular weight excluding hydrogens is 299 g/mol. The number of carbonyl (C=O) groups excluding carboxylic acids is 1. The Morgan fingerprint density at radius 1 is 1.39 bits per heavy atom. The van der Waals surface area contributed by atoms with E-state index in [2.05, 4.69) is 20.9 Å². The van der Waals surface area contributed by atoms with Crippen LogP contribution < -0.4 is 5.73 Å². The lowest BCUT2D eigenvalue weighted by Crippen LogP contribution is -2.07. The molecule has 1 heterocycles. The Morgan fingerprint density at radius 2 is 2.17 bits per heavy atom. The highest BCUT2D eigenvalue weighted by Crippen LogP contribution is 2.21. The van der Waals surface area contributed by atoms with Gasteiger partial charge in [-0.2, -0.15) is 0 Å². The smallest absolute Gasteiger partial charge is 0.168 e. The van der Waals surface area contributed by atoms with Crippen molar-refractivity contribution in [1.29, 1.82) is 0 Å². The first-order valence-corrected chi connectivity index (χ1v) is 6.04. The van der Waals surface area contributed by atoms with E-state index in [1.54, 1.807) is 18.5 Å². The molecule has 5 heteroatoms.